The number of nitrogens with one attached hydrogen (secondary N) is 2. The number of amides is 1. The fourth-order valence-corrected chi connectivity index (χ4v) is 4.34. The number of anilines is 1. The molecule has 0 aliphatic rings. The molecule has 0 spiro atoms. The van der Waals surface area contributed by atoms with Crippen molar-refractivity contribution in [3.05, 3.63) is 92.9 Å². The molecule has 3 aromatic rings. The fourth-order valence-electron chi connectivity index (χ4n) is 2.49. The molecule has 0 aliphatic carbocycles. The standard InChI is InChI=1S/C20H15Cl3N2O3S/c21-15-8-6-14(17(22)11-15)12-24-20(26)13-7-9-19(18(23)10-13)25-29(27,28)16-4-2-1-3-5-16/h1-11,25H,12H2,(H,24,26). The highest BCUT2D eigenvalue weighted by Gasteiger charge is 2.16. The Labute approximate surface area is 183 Å². The van der Waals surface area contributed by atoms with E-state index in [-0.39, 0.29) is 33.6 Å². The van der Waals surface area contributed by atoms with Crippen LogP contribution in [0.15, 0.2) is 71.6 Å². The predicted octanol–water partition coefficient (Wildman–Crippen LogP) is 5.38. The molecule has 0 unspecified atom stereocenters. The molecule has 0 saturated carbocycles. The molecular weight excluding hydrogens is 455 g/mol. The number of carbonyl (C=O) groups is 1. The summed E-state index contributed by atoms with van der Waals surface area (Å²) in [5.74, 6) is -0.379. The van der Waals surface area contributed by atoms with Crippen molar-refractivity contribution >= 4 is 56.4 Å². The average molecular weight is 470 g/mol. The van der Waals surface area contributed by atoms with E-state index in [0.29, 0.717) is 15.6 Å². The molecule has 0 atom stereocenters. The summed E-state index contributed by atoms with van der Waals surface area (Å²) in [6, 6.07) is 17.2. The van der Waals surface area contributed by atoms with E-state index in [9.17, 15) is 13.2 Å². The van der Waals surface area contributed by atoms with Gasteiger partial charge in [-0.15, -0.1) is 0 Å². The zero-order chi connectivity index (χ0) is 21.0. The summed E-state index contributed by atoms with van der Waals surface area (Å²) in [4.78, 5) is 12.5. The molecule has 3 rings (SSSR count). The van der Waals surface area contributed by atoms with E-state index in [1.807, 2.05) is 0 Å². The molecule has 0 heterocycles. The number of hydrogen-bond donors (Lipinski definition) is 2. The molecule has 3 aromatic carbocycles. The smallest absolute Gasteiger partial charge is 0.261 e. The first kappa shape index (κ1) is 21.5. The molecular formula is C20H15Cl3N2O3S. The number of carbonyl (C=O) groups excluding carboxylic acids is 1. The number of halogens is 3. The molecule has 150 valence electrons. The number of benzene rings is 3. The summed E-state index contributed by atoms with van der Waals surface area (Å²) >= 11 is 18.1. The van der Waals surface area contributed by atoms with Gasteiger partial charge in [0.2, 0.25) is 0 Å². The average Bonchev–Trinajstić information content (AvgIpc) is 2.69. The highest BCUT2D eigenvalue weighted by Crippen LogP contribution is 2.26. The molecule has 1 amide bonds. The van der Waals surface area contributed by atoms with E-state index in [4.69, 9.17) is 34.8 Å². The second-order valence-electron chi connectivity index (χ2n) is 6.03. The van der Waals surface area contributed by atoms with Gasteiger partial charge in [-0.25, -0.2) is 8.42 Å². The van der Waals surface area contributed by atoms with E-state index < -0.39 is 10.0 Å². The first-order valence-electron chi connectivity index (χ1n) is 8.36. The van der Waals surface area contributed by atoms with Gasteiger partial charge in [-0.3, -0.25) is 9.52 Å². The van der Waals surface area contributed by atoms with Crippen molar-refractivity contribution in [2.45, 2.75) is 11.4 Å². The number of sulfonamides is 1. The molecule has 5 nitrogen and oxygen atoms in total. The number of rotatable bonds is 6. The Morgan fingerprint density at radius 2 is 1.59 bits per heavy atom. The van der Waals surface area contributed by atoms with E-state index in [2.05, 4.69) is 10.0 Å². The topological polar surface area (TPSA) is 75.3 Å². The zero-order valence-electron chi connectivity index (χ0n) is 14.8. The van der Waals surface area contributed by atoms with Gasteiger partial charge in [-0.2, -0.15) is 0 Å². The maximum absolute atomic E-state index is 12.4. The molecule has 0 fully saturated rings. The highest BCUT2D eigenvalue weighted by atomic mass is 35.5. The molecule has 0 radical (unpaired) electrons. The summed E-state index contributed by atoms with van der Waals surface area (Å²) in [7, 11) is -3.78. The minimum Gasteiger partial charge on any atom is -0.348 e. The maximum Gasteiger partial charge on any atom is 0.261 e. The van der Waals surface area contributed by atoms with Crippen LogP contribution in [0.2, 0.25) is 15.1 Å². The lowest BCUT2D eigenvalue weighted by molar-refractivity contribution is 0.0951. The van der Waals surface area contributed by atoms with Crippen LogP contribution >= 0.6 is 34.8 Å². The van der Waals surface area contributed by atoms with Crippen LogP contribution in [0.5, 0.6) is 0 Å². The summed E-state index contributed by atoms with van der Waals surface area (Å²) in [6.07, 6.45) is 0. The van der Waals surface area contributed by atoms with Crippen LogP contribution in [-0.4, -0.2) is 14.3 Å². The SMILES string of the molecule is O=C(NCc1ccc(Cl)cc1Cl)c1ccc(NS(=O)(=O)c2ccccc2)c(Cl)c1. The van der Waals surface area contributed by atoms with Crippen molar-refractivity contribution in [3.8, 4) is 0 Å². The Kier molecular flexibility index (Phi) is 6.70. The van der Waals surface area contributed by atoms with Crippen LogP contribution in [-0.2, 0) is 16.6 Å². The Bertz CT molecular complexity index is 1150. The van der Waals surface area contributed by atoms with Gasteiger partial charge in [-0.05, 0) is 48.0 Å². The van der Waals surface area contributed by atoms with Crippen molar-refractivity contribution in [3.63, 3.8) is 0 Å². The lowest BCUT2D eigenvalue weighted by atomic mass is 10.1. The Balaban J connectivity index is 1.71. The van der Waals surface area contributed by atoms with Crippen molar-refractivity contribution in [2.75, 3.05) is 4.72 Å². The third-order valence-electron chi connectivity index (χ3n) is 3.98. The van der Waals surface area contributed by atoms with Crippen molar-refractivity contribution in [1.82, 2.24) is 5.32 Å². The largest absolute Gasteiger partial charge is 0.348 e. The van der Waals surface area contributed by atoms with Crippen LogP contribution < -0.4 is 10.0 Å². The van der Waals surface area contributed by atoms with Crippen LogP contribution in [0.1, 0.15) is 15.9 Å². The van der Waals surface area contributed by atoms with E-state index in [1.165, 1.54) is 30.3 Å². The summed E-state index contributed by atoms with van der Waals surface area (Å²) in [5, 5.41) is 3.78. The van der Waals surface area contributed by atoms with Crippen LogP contribution in [0.25, 0.3) is 0 Å². The van der Waals surface area contributed by atoms with Gasteiger partial charge in [-0.1, -0.05) is 59.1 Å². The zero-order valence-corrected chi connectivity index (χ0v) is 17.9. The van der Waals surface area contributed by atoms with Crippen molar-refractivity contribution in [1.29, 1.82) is 0 Å². The normalized spacial score (nSPS) is 11.1. The van der Waals surface area contributed by atoms with Gasteiger partial charge < -0.3 is 5.32 Å². The number of hydrogen-bond acceptors (Lipinski definition) is 3. The Morgan fingerprint density at radius 1 is 0.862 bits per heavy atom. The molecule has 29 heavy (non-hydrogen) atoms. The third-order valence-corrected chi connectivity index (χ3v) is 6.26. The quantitative estimate of drug-likeness (QED) is 0.509. The van der Waals surface area contributed by atoms with Crippen molar-refractivity contribution < 1.29 is 13.2 Å². The second-order valence-corrected chi connectivity index (χ2v) is 8.96. The summed E-state index contributed by atoms with van der Waals surface area (Å²) in [5.41, 5.74) is 1.17. The van der Waals surface area contributed by atoms with E-state index >= 15 is 0 Å². The molecule has 0 bridgehead atoms. The van der Waals surface area contributed by atoms with Crippen molar-refractivity contribution in [2.24, 2.45) is 0 Å². The van der Waals surface area contributed by atoms with Crippen LogP contribution in [0, 0.1) is 0 Å². The predicted molar refractivity (Wildman–Crippen MR) is 116 cm³/mol. The van der Waals surface area contributed by atoms with Gasteiger partial charge in [0.1, 0.15) is 0 Å². The fraction of sp³-hybridized carbons (Fsp3) is 0.0500. The maximum atomic E-state index is 12.4. The molecule has 9 heteroatoms. The highest BCUT2D eigenvalue weighted by molar-refractivity contribution is 7.92. The van der Waals surface area contributed by atoms with E-state index in [1.54, 1.807) is 36.4 Å². The van der Waals surface area contributed by atoms with E-state index in [0.717, 1.165) is 0 Å². The van der Waals surface area contributed by atoms with Gasteiger partial charge in [0.25, 0.3) is 15.9 Å². The summed E-state index contributed by atoms with van der Waals surface area (Å²) < 4.78 is 27.3. The second kappa shape index (κ2) is 9.05. The Morgan fingerprint density at radius 3 is 2.24 bits per heavy atom. The van der Waals surface area contributed by atoms with Gasteiger partial charge in [0.05, 0.1) is 15.6 Å². The minimum atomic E-state index is -3.78. The minimum absolute atomic E-state index is 0.0988. The summed E-state index contributed by atoms with van der Waals surface area (Å²) in [6.45, 7) is 0.203. The molecule has 2 N–H and O–H groups in total. The lowest BCUT2D eigenvalue weighted by Crippen LogP contribution is -2.23. The molecule has 0 aromatic heterocycles. The molecule has 0 saturated heterocycles. The van der Waals surface area contributed by atoms with Gasteiger partial charge >= 0.3 is 0 Å². The van der Waals surface area contributed by atoms with Gasteiger partial charge in [0, 0.05) is 22.2 Å². The Hall–Kier alpha value is -2.25. The van der Waals surface area contributed by atoms with Crippen LogP contribution in [0.4, 0.5) is 5.69 Å². The van der Waals surface area contributed by atoms with Crippen LogP contribution in [0.3, 0.4) is 0 Å². The van der Waals surface area contributed by atoms with Gasteiger partial charge in [0.15, 0.2) is 0 Å². The first-order chi connectivity index (χ1) is 13.8. The third kappa shape index (κ3) is 5.42. The lowest BCUT2D eigenvalue weighted by Gasteiger charge is -2.11. The molecule has 0 aliphatic heterocycles. The monoisotopic (exact) mass is 468 g/mol. The first-order valence-corrected chi connectivity index (χ1v) is 11.0.